The van der Waals surface area contributed by atoms with Gasteiger partial charge >= 0.3 is 71.6 Å². The minimum absolute atomic E-state index is 0.111. The maximum atomic E-state index is 12.0. The van der Waals surface area contributed by atoms with Gasteiger partial charge in [0.05, 0.1) is 31.5 Å². The van der Waals surface area contributed by atoms with Crippen molar-refractivity contribution in [2.45, 2.75) is 63.8 Å². The summed E-state index contributed by atoms with van der Waals surface area (Å²) in [5.41, 5.74) is 4.29. The van der Waals surface area contributed by atoms with Crippen LogP contribution in [0.1, 0.15) is 42.8 Å². The zero-order valence-electron chi connectivity index (χ0n) is 32.5. The number of carbonyl (C=O) groups is 1. The second-order valence-electron chi connectivity index (χ2n) is 12.5. The number of H-pyrrole nitrogens is 2. The summed E-state index contributed by atoms with van der Waals surface area (Å²) >= 11 is 0. The average molecular weight is 1100 g/mol. The van der Waals surface area contributed by atoms with Crippen molar-refractivity contribution in [3.63, 3.8) is 0 Å². The molecule has 376 valence electrons. The molecule has 2 saturated heterocycles. The maximum Gasteiger partial charge on any atom is 0.490 e. The van der Waals surface area contributed by atoms with Crippen molar-refractivity contribution in [3.05, 3.63) is 75.6 Å². The maximum absolute atomic E-state index is 12.0. The molecule has 38 nitrogen and oxygen atoms in total. The van der Waals surface area contributed by atoms with Crippen LogP contribution in [0.5, 0.6) is 0 Å². The predicted molar refractivity (Wildman–Crippen MR) is 206 cm³/mol. The second kappa shape index (κ2) is 23.1. The lowest BCUT2D eigenvalue weighted by atomic mass is 10.1. The van der Waals surface area contributed by atoms with E-state index in [2.05, 4.69) is 41.3 Å². The molecule has 0 spiro atoms. The Balaban J connectivity index is 0.000000397. The summed E-state index contributed by atoms with van der Waals surface area (Å²) in [5.74, 6) is 0. The summed E-state index contributed by atoms with van der Waals surface area (Å²) in [5, 5.41) is 10.9. The van der Waals surface area contributed by atoms with Gasteiger partial charge < -0.3 is 63.5 Å². The Kier molecular flexibility index (Phi) is 20.7. The van der Waals surface area contributed by atoms with Gasteiger partial charge in [-0.25, -0.2) is 46.3 Å². The Hall–Kier alpha value is -2.97. The quantitative estimate of drug-likeness (QED) is 0.0400. The SMILES string of the molecule is Cc1cn([C@H]2CC[C@@H](COP(=O)(O)OP(=O)(O)OP(=O)(O)O)O2)c(=O)[nH]c1=O.Cc1cn([C@H]2C[C@H](N=[N+]=[N-])[C@@H](COP(=O)(O)OP(=O)(O)OP(=O)(O)O)O2)c(=O)[nH]c1=O.O=C(O)P(=O)(O)O. The lowest BCUT2D eigenvalue weighted by Crippen LogP contribution is -2.33. The third kappa shape index (κ3) is 20.7. The summed E-state index contributed by atoms with van der Waals surface area (Å²) in [6, 6.07) is -1.04. The van der Waals surface area contributed by atoms with Crippen molar-refractivity contribution in [2.24, 2.45) is 5.11 Å². The van der Waals surface area contributed by atoms with Crippen LogP contribution >= 0.6 is 54.5 Å². The number of phosphoric acid groups is 6. The van der Waals surface area contributed by atoms with E-state index in [0.29, 0.717) is 0 Å². The number of nitrogens with zero attached hydrogens (tertiary/aromatic N) is 5. The third-order valence-electron chi connectivity index (χ3n) is 7.31. The van der Waals surface area contributed by atoms with E-state index in [0.717, 1.165) is 9.13 Å². The van der Waals surface area contributed by atoms with Crippen LogP contribution in [0.25, 0.3) is 10.4 Å². The van der Waals surface area contributed by atoms with Gasteiger partial charge in [0, 0.05) is 34.9 Å². The molecule has 4 rings (SSSR count). The number of azide groups is 1. The molecule has 0 aliphatic carbocycles. The van der Waals surface area contributed by atoms with Gasteiger partial charge in [-0.1, -0.05) is 5.11 Å². The smallest absolute Gasteiger partial charge is 0.472 e. The minimum atomic E-state index is -5.70. The van der Waals surface area contributed by atoms with Crippen molar-refractivity contribution < 1.29 is 127 Å². The molecule has 0 aromatic carbocycles. The number of hydrogen-bond donors (Lipinski definition) is 13. The van der Waals surface area contributed by atoms with Crippen molar-refractivity contribution in [1.82, 2.24) is 19.1 Å². The first-order chi connectivity index (χ1) is 29.7. The monoisotopic (exact) mass is 1100 g/mol. The van der Waals surface area contributed by atoms with Gasteiger partial charge in [0.2, 0.25) is 0 Å². The summed E-state index contributed by atoms with van der Waals surface area (Å²) in [7, 11) is -37.8. The van der Waals surface area contributed by atoms with Gasteiger partial charge in [-0.15, -0.1) is 0 Å². The number of aromatic nitrogens is 4. The van der Waals surface area contributed by atoms with Crippen molar-refractivity contribution in [1.29, 1.82) is 0 Å². The molecule has 2 fully saturated rings. The Morgan fingerprint density at radius 1 is 0.697 bits per heavy atom. The van der Waals surface area contributed by atoms with Gasteiger partial charge in [-0.05, 0) is 32.2 Å². The van der Waals surface area contributed by atoms with Crippen LogP contribution in [-0.4, -0.2) is 110 Å². The van der Waals surface area contributed by atoms with Gasteiger partial charge in [0.25, 0.3) is 11.1 Å². The van der Waals surface area contributed by atoms with Gasteiger partial charge in [-0.2, -0.15) is 17.2 Å². The van der Waals surface area contributed by atoms with E-state index in [1.54, 1.807) is 0 Å². The number of carboxylic acid groups (broad SMARTS) is 1. The summed E-state index contributed by atoms with van der Waals surface area (Å²) in [6.07, 6.45) is -1.05. The van der Waals surface area contributed by atoms with Crippen LogP contribution in [0, 0.1) is 13.8 Å². The summed E-state index contributed by atoms with van der Waals surface area (Å²) < 4.78 is 113. The van der Waals surface area contributed by atoms with Crippen LogP contribution < -0.4 is 22.5 Å². The van der Waals surface area contributed by atoms with Crippen LogP contribution in [0.4, 0.5) is 4.79 Å². The van der Waals surface area contributed by atoms with Crippen molar-refractivity contribution >= 4 is 60.2 Å². The molecular formula is C21H36N7O31P7. The molecular weight excluding hydrogens is 1060 g/mol. The Morgan fingerprint density at radius 2 is 1.11 bits per heavy atom. The van der Waals surface area contributed by atoms with Crippen LogP contribution in [0.2, 0.25) is 0 Å². The van der Waals surface area contributed by atoms with Gasteiger partial charge in [0.15, 0.2) is 0 Å². The highest BCUT2D eigenvalue weighted by Crippen LogP contribution is 2.67. The van der Waals surface area contributed by atoms with E-state index >= 15 is 0 Å². The molecule has 0 bridgehead atoms. The molecule has 4 heterocycles. The molecule has 9 atom stereocenters. The first-order valence-corrected chi connectivity index (χ1v) is 27.2. The molecule has 4 unspecified atom stereocenters. The predicted octanol–water partition coefficient (Wildman–Crippen LogP) is -0.137. The number of rotatable bonds is 18. The Morgan fingerprint density at radius 3 is 1.50 bits per heavy atom. The fourth-order valence-corrected chi connectivity index (χ4v) is 10.9. The van der Waals surface area contributed by atoms with E-state index in [4.69, 9.17) is 59.3 Å². The molecule has 13 N–H and O–H groups in total. The zero-order valence-corrected chi connectivity index (χ0v) is 38.8. The van der Waals surface area contributed by atoms with E-state index in [1.807, 2.05) is 4.98 Å². The molecule has 2 aliphatic rings. The van der Waals surface area contributed by atoms with Gasteiger partial charge in [0.1, 0.15) is 12.5 Å². The number of hydrogen-bond acceptors (Lipinski definition) is 21. The summed E-state index contributed by atoms with van der Waals surface area (Å²) in [4.78, 5) is 149. The minimum Gasteiger partial charge on any atom is -0.472 e. The molecule has 2 aromatic heterocycles. The van der Waals surface area contributed by atoms with E-state index < -0.39 is 127 Å². The van der Waals surface area contributed by atoms with Crippen LogP contribution in [-0.2, 0) is 67.7 Å². The highest BCUT2D eigenvalue weighted by Gasteiger charge is 2.44. The second-order valence-corrected chi connectivity index (χ2v) is 22.8. The van der Waals surface area contributed by atoms with E-state index in [-0.39, 0.29) is 30.4 Å². The fraction of sp³-hybridized carbons (Fsp3) is 0.571. The lowest BCUT2D eigenvalue weighted by molar-refractivity contribution is -0.0267. The van der Waals surface area contributed by atoms with Crippen molar-refractivity contribution in [2.75, 3.05) is 13.2 Å². The zero-order chi connectivity index (χ0) is 51.0. The Labute approximate surface area is 363 Å². The van der Waals surface area contributed by atoms with E-state index in [1.165, 1.54) is 26.2 Å². The largest absolute Gasteiger partial charge is 0.490 e. The molecule has 0 saturated carbocycles. The fourth-order valence-electron chi connectivity index (χ4n) is 4.79. The summed E-state index contributed by atoms with van der Waals surface area (Å²) in [6.45, 7) is 1.41. The molecule has 66 heavy (non-hydrogen) atoms. The number of ether oxygens (including phenoxy) is 2. The van der Waals surface area contributed by atoms with E-state index in [9.17, 15) is 65.7 Å². The highest BCUT2D eigenvalue weighted by atomic mass is 31.3. The number of phosphoric ester groups is 2. The molecule has 0 amide bonds. The van der Waals surface area contributed by atoms with Crippen LogP contribution in [0.15, 0.2) is 36.7 Å². The normalized spacial score (nSPS) is 23.5. The van der Waals surface area contributed by atoms with Crippen LogP contribution in [0.3, 0.4) is 0 Å². The standard InChI is InChI=1S/C10H16N5O13P3.C10H17N2O13P3.CH3O5P/c1-5-3-15(10(17)12-9(5)16)8-2-6(13-14-11)7(26-8)4-25-30(21,22)28-31(23,24)27-29(18,19)20;1-6-4-12(10(14)11-9(6)13)8-3-2-7(23-8)5-22-27(18,19)25-28(20,21)24-26(15,16)17;2-1(3)7(4,5)6/h3,6-8H,2,4H2,1H3,(H,21,22)(H,23,24)(H,12,16,17)(H2,18,19,20);4,7-8H,2-3,5H2,1H3,(H,18,19)(H,20,21)(H,11,13,14)(H2,15,16,17);(H,2,3)(H2,4,5,6)/t6-,7+,8+;7-,8+;/m00./s1. The Bertz CT molecular complexity index is 2730. The third-order valence-corrected chi connectivity index (χ3v) is 15.4. The number of aromatic amines is 2. The molecule has 45 heteroatoms. The molecule has 0 radical (unpaired) electrons. The van der Waals surface area contributed by atoms with Crippen molar-refractivity contribution in [3.8, 4) is 0 Å². The topological polar surface area (TPSA) is 591 Å². The molecule has 2 aliphatic heterocycles. The van der Waals surface area contributed by atoms with Gasteiger partial charge in [-0.3, -0.25) is 37.7 Å². The number of aryl methyl sites for hydroxylation is 2. The first kappa shape index (κ1) is 59.2. The first-order valence-electron chi connectivity index (χ1n) is 16.6. The average Bonchev–Trinajstić information content (AvgIpc) is 3.74. The lowest BCUT2D eigenvalue weighted by Gasteiger charge is -2.19. The highest BCUT2D eigenvalue weighted by molar-refractivity contribution is 7.69. The molecule has 2 aromatic rings. The number of nitrogens with one attached hydrogen (secondary N) is 2.